The Kier molecular flexibility index (Phi) is 11.2. The van der Waals surface area contributed by atoms with E-state index in [1.165, 1.54) is 13.8 Å². The fourth-order valence-electron chi connectivity index (χ4n) is 3.16. The van der Waals surface area contributed by atoms with Crippen molar-refractivity contribution in [2.24, 2.45) is 11.7 Å². The number of carbonyl (C=O) groups excluding carboxylic acids is 2. The molecule has 2 rings (SSSR count). The molecule has 2 unspecified atom stereocenters. The summed E-state index contributed by atoms with van der Waals surface area (Å²) in [6.07, 6.45) is -1.21. The van der Waals surface area contributed by atoms with Gasteiger partial charge in [-0.15, -0.1) is 0 Å². The molecule has 0 spiro atoms. The van der Waals surface area contributed by atoms with Gasteiger partial charge in [0, 0.05) is 0 Å². The van der Waals surface area contributed by atoms with E-state index in [1.807, 2.05) is 0 Å². The first-order valence-corrected chi connectivity index (χ1v) is 11.4. The van der Waals surface area contributed by atoms with Crippen LogP contribution in [0.3, 0.4) is 0 Å². The van der Waals surface area contributed by atoms with Crippen molar-refractivity contribution in [3.8, 4) is 0 Å². The summed E-state index contributed by atoms with van der Waals surface area (Å²) in [6.45, 7) is 2.99. The molecule has 0 fully saturated rings. The van der Waals surface area contributed by atoms with Gasteiger partial charge >= 0.3 is 45.8 Å². The molecule has 0 aliphatic carbocycles. The number of ether oxygens (including phenoxy) is 1. The quantitative estimate of drug-likeness (QED) is 0.285. The number of aliphatic hydroxyl groups is 1. The summed E-state index contributed by atoms with van der Waals surface area (Å²) in [6, 6.07) is 13.9. The predicted octanol–water partition coefficient (Wildman–Crippen LogP) is 1.00. The van der Waals surface area contributed by atoms with Crippen molar-refractivity contribution in [3.05, 3.63) is 71.8 Å². The molecule has 2 aromatic carbocycles. The first-order chi connectivity index (χ1) is 15.0. The van der Waals surface area contributed by atoms with Gasteiger partial charge in [-0.3, -0.25) is 9.35 Å². The zero-order chi connectivity index (χ0) is 23.9. The molecule has 2 aromatic rings. The molecule has 1 amide bonds. The number of amides is 1. The molecule has 0 bridgehead atoms. The Labute approximate surface area is 215 Å². The van der Waals surface area contributed by atoms with Crippen LogP contribution in [0.2, 0.25) is 0 Å². The minimum absolute atomic E-state index is 0. The van der Waals surface area contributed by atoms with E-state index in [-0.39, 0.29) is 42.6 Å². The average molecular weight is 489 g/mol. The van der Waals surface area contributed by atoms with E-state index in [9.17, 15) is 27.7 Å². The molecule has 5 N–H and O–H groups in total. The molecule has 9 nitrogen and oxygen atoms in total. The van der Waals surface area contributed by atoms with Gasteiger partial charge in [0.25, 0.3) is 4.93 Å². The van der Waals surface area contributed by atoms with Crippen LogP contribution < -0.4 is 11.1 Å². The number of carbonyl (C=O) groups is 2. The van der Waals surface area contributed by atoms with E-state index in [0.717, 1.165) is 0 Å². The van der Waals surface area contributed by atoms with Crippen molar-refractivity contribution in [1.29, 1.82) is 0 Å². The van der Waals surface area contributed by atoms with Crippen molar-refractivity contribution in [1.82, 2.24) is 5.32 Å². The fourth-order valence-corrected chi connectivity index (χ4v) is 4.00. The van der Waals surface area contributed by atoms with Gasteiger partial charge in [0.05, 0.1) is 12.1 Å². The molecule has 0 aromatic heterocycles. The van der Waals surface area contributed by atoms with E-state index in [2.05, 4.69) is 5.32 Å². The number of nitrogens with one attached hydrogen (secondary N) is 1. The average Bonchev–Trinajstić information content (AvgIpc) is 2.75. The zero-order valence-electron chi connectivity index (χ0n) is 17.8. The standard InChI is InChI=1S/C22H28N2O7S.Na.H/c1-15(2)19(24-21(26)31-14-17-11-7-4-8-12-17)20(25)22(27,32(28,29)30)18(23)13-16-9-5-3-6-10-16;;/h3-12,15,18-19,27H,13-14,23H2,1-2H3,(H,24,26)(H,28,29,30);;/t18?,19-,22?;;/m0../s1. The van der Waals surface area contributed by atoms with Crippen molar-refractivity contribution < 1.29 is 32.4 Å². The molecule has 3 atom stereocenters. The zero-order valence-corrected chi connectivity index (χ0v) is 18.7. The van der Waals surface area contributed by atoms with Crippen molar-refractivity contribution >= 4 is 51.6 Å². The van der Waals surface area contributed by atoms with Crippen molar-refractivity contribution in [2.75, 3.05) is 0 Å². The molecule has 0 saturated heterocycles. The number of ketones is 1. The second kappa shape index (κ2) is 12.6. The minimum atomic E-state index is -5.36. The molecular formula is C22H29N2NaO7S. The van der Waals surface area contributed by atoms with Gasteiger partial charge in [0.1, 0.15) is 6.61 Å². The number of hydrogen-bond donors (Lipinski definition) is 4. The molecule has 33 heavy (non-hydrogen) atoms. The van der Waals surface area contributed by atoms with Gasteiger partial charge in [-0.2, -0.15) is 8.42 Å². The van der Waals surface area contributed by atoms with Crippen LogP contribution in [0, 0.1) is 5.92 Å². The van der Waals surface area contributed by atoms with E-state index in [0.29, 0.717) is 11.1 Å². The number of rotatable bonds is 10. The Morgan fingerprint density at radius 2 is 1.52 bits per heavy atom. The summed E-state index contributed by atoms with van der Waals surface area (Å²) < 4.78 is 39.1. The number of nitrogens with two attached hydrogens (primary N) is 1. The normalized spacial score (nSPS) is 15.0. The number of hydrogen-bond acceptors (Lipinski definition) is 7. The van der Waals surface area contributed by atoms with Crippen molar-refractivity contribution in [3.63, 3.8) is 0 Å². The number of Topliss-reactive ketones (excluding diaryl/α,β-unsaturated/α-hetero) is 1. The van der Waals surface area contributed by atoms with E-state index in [1.54, 1.807) is 60.7 Å². The van der Waals surface area contributed by atoms with Gasteiger partial charge in [0.15, 0.2) is 0 Å². The third-order valence-electron chi connectivity index (χ3n) is 4.98. The Bertz CT molecular complexity index is 1020. The van der Waals surface area contributed by atoms with Crippen LogP contribution in [-0.2, 0) is 32.7 Å². The van der Waals surface area contributed by atoms with Gasteiger partial charge in [0.2, 0.25) is 5.78 Å². The Balaban J connectivity index is 0.00000544. The van der Waals surface area contributed by atoms with Crippen LogP contribution in [0.15, 0.2) is 60.7 Å². The van der Waals surface area contributed by atoms with E-state index in [4.69, 9.17) is 10.5 Å². The van der Waals surface area contributed by atoms with Gasteiger partial charge in [-0.25, -0.2) is 4.79 Å². The van der Waals surface area contributed by atoms with Crippen LogP contribution in [0.25, 0.3) is 0 Å². The summed E-state index contributed by atoms with van der Waals surface area (Å²) in [5, 5.41) is 13.2. The van der Waals surface area contributed by atoms with E-state index < -0.39 is 44.9 Å². The van der Waals surface area contributed by atoms with Crippen LogP contribution in [-0.4, -0.2) is 76.5 Å². The molecule has 11 heteroatoms. The molecule has 0 saturated carbocycles. The SMILES string of the molecule is CC(C)[C@H](NC(=O)OCc1ccccc1)C(=O)C(O)(C(N)Cc1ccccc1)S(=O)(=O)O.[NaH]. The first-order valence-electron chi connectivity index (χ1n) is 9.97. The summed E-state index contributed by atoms with van der Waals surface area (Å²) in [5.41, 5.74) is 7.17. The van der Waals surface area contributed by atoms with Crippen molar-refractivity contribution in [2.45, 2.75) is 43.9 Å². The fraction of sp³-hybridized carbons (Fsp3) is 0.364. The molecule has 0 aliphatic heterocycles. The van der Waals surface area contributed by atoms with Gasteiger partial charge in [-0.1, -0.05) is 74.5 Å². The van der Waals surface area contributed by atoms with E-state index >= 15 is 0 Å². The van der Waals surface area contributed by atoms with Crippen LogP contribution >= 0.6 is 0 Å². The van der Waals surface area contributed by atoms with Crippen LogP contribution in [0.5, 0.6) is 0 Å². The topological polar surface area (TPSA) is 156 Å². The second-order valence-corrected chi connectivity index (χ2v) is 9.33. The number of benzene rings is 2. The summed E-state index contributed by atoms with van der Waals surface area (Å²) >= 11 is 0. The Morgan fingerprint density at radius 3 is 1.97 bits per heavy atom. The third kappa shape index (κ3) is 7.61. The number of alkyl carbamates (subject to hydrolysis) is 1. The second-order valence-electron chi connectivity index (χ2n) is 7.76. The monoisotopic (exact) mass is 488 g/mol. The predicted molar refractivity (Wildman–Crippen MR) is 125 cm³/mol. The molecule has 0 heterocycles. The van der Waals surface area contributed by atoms with Gasteiger partial charge < -0.3 is 20.9 Å². The van der Waals surface area contributed by atoms with Crippen LogP contribution in [0.4, 0.5) is 4.79 Å². The molecule has 176 valence electrons. The summed E-state index contributed by atoms with van der Waals surface area (Å²) in [4.78, 5) is 22.1. The Morgan fingerprint density at radius 1 is 1.03 bits per heavy atom. The third-order valence-corrected chi connectivity index (χ3v) is 6.27. The summed E-state index contributed by atoms with van der Waals surface area (Å²) in [5.74, 6) is -2.00. The molecular weight excluding hydrogens is 459 g/mol. The van der Waals surface area contributed by atoms with Gasteiger partial charge in [-0.05, 0) is 23.5 Å². The Hall–Kier alpha value is -1.79. The maximum atomic E-state index is 13.2. The first kappa shape index (κ1) is 29.2. The maximum absolute atomic E-state index is 13.2. The molecule has 0 radical (unpaired) electrons. The summed E-state index contributed by atoms with van der Waals surface area (Å²) in [7, 11) is -5.36. The van der Waals surface area contributed by atoms with Crippen LogP contribution in [0.1, 0.15) is 25.0 Å². The molecule has 0 aliphatic rings.